The van der Waals surface area contributed by atoms with Crippen LogP contribution in [0.3, 0.4) is 0 Å². The van der Waals surface area contributed by atoms with Crippen molar-refractivity contribution in [2.45, 2.75) is 13.5 Å². The van der Waals surface area contributed by atoms with Gasteiger partial charge in [0.2, 0.25) is 0 Å². The number of rotatable bonds is 4. The molecule has 0 spiro atoms. The second-order valence-corrected chi connectivity index (χ2v) is 7.18. The smallest absolute Gasteiger partial charge is 0.182 e. The van der Waals surface area contributed by atoms with Crippen molar-refractivity contribution in [1.82, 2.24) is 9.55 Å². The van der Waals surface area contributed by atoms with E-state index < -0.39 is 0 Å². The topological polar surface area (TPSA) is 34.9 Å². The Morgan fingerprint density at radius 1 is 1.04 bits per heavy atom. The zero-order valence-corrected chi connectivity index (χ0v) is 15.9. The zero-order valence-electron chi connectivity index (χ0n) is 14.3. The van der Waals surface area contributed by atoms with Gasteiger partial charge >= 0.3 is 0 Å². The van der Waals surface area contributed by atoms with E-state index in [1.807, 2.05) is 59.3 Å². The highest BCUT2D eigenvalue weighted by Gasteiger charge is 2.20. The van der Waals surface area contributed by atoms with Gasteiger partial charge in [0.25, 0.3) is 0 Å². The van der Waals surface area contributed by atoms with E-state index in [1.165, 1.54) is 0 Å². The predicted octanol–water partition coefficient (Wildman–Crippen LogP) is 5.61. The first-order chi connectivity index (χ1) is 12.6. The van der Waals surface area contributed by atoms with Crippen LogP contribution in [-0.4, -0.2) is 15.3 Å². The standard InChI is InChI=1S/C22H17BrN2O/c1-15-19-12-18(23)13-25(14-20(26)16-8-4-2-5-9-16)22(19)24-21(15)17-10-6-3-7-11-17/h2-13H,14H2,1H3. The number of hydrogen-bond donors (Lipinski definition) is 0. The van der Waals surface area contributed by atoms with Gasteiger partial charge < -0.3 is 4.57 Å². The molecule has 2 aliphatic heterocycles. The summed E-state index contributed by atoms with van der Waals surface area (Å²) in [6, 6.07) is 21.6. The lowest BCUT2D eigenvalue weighted by Crippen LogP contribution is -2.13. The monoisotopic (exact) mass is 404 g/mol. The summed E-state index contributed by atoms with van der Waals surface area (Å²) in [5, 5.41) is 0. The van der Waals surface area contributed by atoms with E-state index in [-0.39, 0.29) is 12.3 Å². The van der Waals surface area contributed by atoms with Crippen LogP contribution in [0.5, 0.6) is 0 Å². The molecule has 0 N–H and O–H groups in total. The SMILES string of the molecule is Cc1c2cc(Br)cn(CC(=O)c3ccccc3)c-2nc1-c1ccccc1. The fourth-order valence-electron chi connectivity index (χ4n) is 3.19. The van der Waals surface area contributed by atoms with E-state index >= 15 is 0 Å². The van der Waals surface area contributed by atoms with Crippen LogP contribution in [0, 0.1) is 6.92 Å². The van der Waals surface area contributed by atoms with Crippen LogP contribution >= 0.6 is 15.9 Å². The van der Waals surface area contributed by atoms with Crippen LogP contribution < -0.4 is 0 Å². The molecular weight excluding hydrogens is 388 g/mol. The van der Waals surface area contributed by atoms with Crippen LogP contribution in [0.2, 0.25) is 0 Å². The lowest BCUT2D eigenvalue weighted by molar-refractivity contribution is 0.0972. The number of ketones is 1. The number of hydrogen-bond acceptors (Lipinski definition) is 2. The highest BCUT2D eigenvalue weighted by Crippen LogP contribution is 2.35. The predicted molar refractivity (Wildman–Crippen MR) is 107 cm³/mol. The molecule has 0 fully saturated rings. The first kappa shape index (κ1) is 16.7. The van der Waals surface area contributed by atoms with Gasteiger partial charge in [0.15, 0.2) is 5.78 Å². The number of Topliss-reactive ketones (excluding diaryl/α,β-unsaturated/α-hetero) is 1. The van der Waals surface area contributed by atoms with Gasteiger partial charge in [0.05, 0.1) is 12.2 Å². The molecule has 26 heavy (non-hydrogen) atoms. The van der Waals surface area contributed by atoms with Crippen LogP contribution in [0.1, 0.15) is 15.9 Å². The minimum Gasteiger partial charge on any atom is -0.324 e. The third kappa shape index (κ3) is 3.08. The molecule has 0 saturated heterocycles. The second-order valence-electron chi connectivity index (χ2n) is 6.26. The van der Waals surface area contributed by atoms with Crippen LogP contribution in [-0.2, 0) is 6.54 Å². The zero-order chi connectivity index (χ0) is 18.1. The van der Waals surface area contributed by atoms with Crippen LogP contribution in [0.15, 0.2) is 77.4 Å². The maximum Gasteiger partial charge on any atom is 0.182 e. The van der Waals surface area contributed by atoms with E-state index in [0.29, 0.717) is 5.56 Å². The Kier molecular flexibility index (Phi) is 4.43. The molecule has 2 aliphatic rings. The highest BCUT2D eigenvalue weighted by molar-refractivity contribution is 9.10. The van der Waals surface area contributed by atoms with Gasteiger partial charge in [0, 0.05) is 27.4 Å². The number of halogens is 1. The fraction of sp³-hybridized carbons (Fsp3) is 0.0909. The molecule has 0 atom stereocenters. The highest BCUT2D eigenvalue weighted by atomic mass is 79.9. The van der Waals surface area contributed by atoms with Gasteiger partial charge in [-0.2, -0.15) is 0 Å². The maximum atomic E-state index is 12.7. The minimum atomic E-state index is 0.0666. The van der Waals surface area contributed by atoms with Crippen molar-refractivity contribution in [1.29, 1.82) is 0 Å². The second kappa shape index (κ2) is 6.89. The molecule has 2 aromatic carbocycles. The van der Waals surface area contributed by atoms with Crippen molar-refractivity contribution >= 4 is 21.7 Å². The first-order valence-corrected chi connectivity index (χ1v) is 9.22. The summed E-state index contributed by atoms with van der Waals surface area (Å²) in [6.45, 7) is 2.33. The number of fused-ring (bicyclic) bond motifs is 1. The Labute approximate surface area is 160 Å². The van der Waals surface area contributed by atoms with E-state index in [2.05, 4.69) is 41.1 Å². The van der Waals surface area contributed by atoms with E-state index in [0.717, 1.165) is 32.7 Å². The molecule has 0 unspecified atom stereocenters. The molecule has 2 heterocycles. The van der Waals surface area contributed by atoms with Gasteiger partial charge in [-0.05, 0) is 34.5 Å². The van der Waals surface area contributed by atoms with Crippen molar-refractivity contribution < 1.29 is 4.79 Å². The summed E-state index contributed by atoms with van der Waals surface area (Å²) in [5.41, 5.74) is 4.92. The van der Waals surface area contributed by atoms with Crippen LogP contribution in [0.25, 0.3) is 22.6 Å². The lowest BCUT2D eigenvalue weighted by Gasteiger charge is -2.12. The summed E-state index contributed by atoms with van der Waals surface area (Å²) >= 11 is 3.57. The minimum absolute atomic E-state index is 0.0666. The molecule has 0 saturated carbocycles. The molecule has 0 amide bonds. The van der Waals surface area contributed by atoms with E-state index in [9.17, 15) is 4.79 Å². The molecule has 0 aromatic heterocycles. The van der Waals surface area contributed by atoms with Gasteiger partial charge in [0.1, 0.15) is 5.82 Å². The average Bonchev–Trinajstić information content (AvgIpc) is 3.00. The van der Waals surface area contributed by atoms with Crippen molar-refractivity contribution in [3.05, 3.63) is 88.5 Å². The van der Waals surface area contributed by atoms with Gasteiger partial charge in [-0.15, -0.1) is 0 Å². The fourth-order valence-corrected chi connectivity index (χ4v) is 3.67. The third-order valence-corrected chi connectivity index (χ3v) is 4.94. The molecule has 3 nitrogen and oxygen atoms in total. The van der Waals surface area contributed by atoms with E-state index in [1.54, 1.807) is 0 Å². The number of benzene rings is 2. The Morgan fingerprint density at radius 3 is 2.38 bits per heavy atom. The molecule has 0 aliphatic carbocycles. The Morgan fingerprint density at radius 2 is 1.69 bits per heavy atom. The molecule has 4 heteroatoms. The Bertz CT molecular complexity index is 1040. The lowest BCUT2D eigenvalue weighted by atomic mass is 10.1. The Balaban J connectivity index is 1.79. The molecule has 4 rings (SSSR count). The quantitative estimate of drug-likeness (QED) is 0.414. The largest absolute Gasteiger partial charge is 0.324 e. The number of nitrogens with zero attached hydrogens (tertiary/aromatic N) is 2. The summed E-state index contributed by atoms with van der Waals surface area (Å²) in [4.78, 5) is 17.5. The summed E-state index contributed by atoms with van der Waals surface area (Å²) < 4.78 is 2.86. The maximum absolute atomic E-state index is 12.7. The first-order valence-electron chi connectivity index (χ1n) is 8.43. The summed E-state index contributed by atoms with van der Waals surface area (Å²) in [6.07, 6.45) is 1.92. The number of aromatic nitrogens is 2. The van der Waals surface area contributed by atoms with Crippen molar-refractivity contribution in [2.75, 3.05) is 0 Å². The van der Waals surface area contributed by atoms with E-state index in [4.69, 9.17) is 4.98 Å². The summed E-state index contributed by atoms with van der Waals surface area (Å²) in [7, 11) is 0. The molecule has 128 valence electrons. The van der Waals surface area contributed by atoms with Crippen molar-refractivity contribution in [2.24, 2.45) is 0 Å². The number of carbonyl (C=O) groups is 1. The molecule has 0 radical (unpaired) electrons. The van der Waals surface area contributed by atoms with Crippen LogP contribution in [0.4, 0.5) is 0 Å². The van der Waals surface area contributed by atoms with Crippen molar-refractivity contribution in [3.8, 4) is 22.6 Å². The van der Waals surface area contributed by atoms with Crippen molar-refractivity contribution in [3.63, 3.8) is 0 Å². The normalized spacial score (nSPS) is 11.0. The molecule has 0 bridgehead atoms. The van der Waals surface area contributed by atoms with Gasteiger partial charge in [-0.25, -0.2) is 4.98 Å². The van der Waals surface area contributed by atoms with Gasteiger partial charge in [-0.3, -0.25) is 4.79 Å². The molecule has 2 aromatic rings. The Hall–Kier alpha value is -2.72. The third-order valence-electron chi connectivity index (χ3n) is 4.51. The van der Waals surface area contributed by atoms with Gasteiger partial charge in [-0.1, -0.05) is 60.7 Å². The number of pyridine rings is 1. The number of carbonyl (C=O) groups excluding carboxylic acids is 1. The molecular formula is C22H17BrN2O. The summed E-state index contributed by atoms with van der Waals surface area (Å²) in [5.74, 6) is 0.894. The average molecular weight is 405 g/mol.